The van der Waals surface area contributed by atoms with E-state index in [4.69, 9.17) is 4.74 Å². The Bertz CT molecular complexity index is 1290. The first-order chi connectivity index (χ1) is 17.5. The average molecular weight is 501 g/mol. The van der Waals surface area contributed by atoms with Crippen LogP contribution in [0.2, 0.25) is 0 Å². The highest BCUT2D eigenvalue weighted by Crippen LogP contribution is 2.27. The van der Waals surface area contributed by atoms with Crippen LogP contribution in [0.4, 0.5) is 5.13 Å². The highest BCUT2D eigenvalue weighted by Gasteiger charge is 2.18. The van der Waals surface area contributed by atoms with E-state index in [0.717, 1.165) is 22.4 Å². The highest BCUT2D eigenvalue weighted by molar-refractivity contribution is 7.18. The maximum absolute atomic E-state index is 13.2. The first kappa shape index (κ1) is 25.1. The maximum atomic E-state index is 13.2. The molecule has 8 heteroatoms. The third kappa shape index (κ3) is 6.76. The van der Waals surface area contributed by atoms with Gasteiger partial charge in [-0.05, 0) is 55.3 Å². The van der Waals surface area contributed by atoms with Crippen LogP contribution in [0.15, 0.2) is 78.9 Å². The molecule has 0 saturated carbocycles. The number of aromatic nitrogens is 2. The van der Waals surface area contributed by atoms with Crippen LogP contribution in [-0.2, 0) is 11.2 Å². The lowest BCUT2D eigenvalue weighted by Gasteiger charge is -2.23. The summed E-state index contributed by atoms with van der Waals surface area (Å²) in [5, 5.41) is 12.2. The van der Waals surface area contributed by atoms with Gasteiger partial charge in [0.05, 0.1) is 7.11 Å². The summed E-state index contributed by atoms with van der Waals surface area (Å²) >= 11 is 1.30. The van der Waals surface area contributed by atoms with Crippen molar-refractivity contribution in [2.24, 2.45) is 0 Å². The molecule has 4 rings (SSSR count). The van der Waals surface area contributed by atoms with Crippen molar-refractivity contribution in [1.82, 2.24) is 15.1 Å². The molecular weight excluding hydrogens is 472 g/mol. The Balaban J connectivity index is 1.38. The summed E-state index contributed by atoms with van der Waals surface area (Å²) in [4.78, 5) is 27.7. The fourth-order valence-electron chi connectivity index (χ4n) is 3.64. The van der Waals surface area contributed by atoms with Gasteiger partial charge in [-0.3, -0.25) is 9.59 Å². The van der Waals surface area contributed by atoms with Crippen LogP contribution in [0.1, 0.15) is 27.9 Å². The predicted octanol–water partition coefficient (Wildman–Crippen LogP) is 5.24. The first-order valence-corrected chi connectivity index (χ1v) is 12.5. The average Bonchev–Trinajstić information content (AvgIpc) is 3.37. The molecule has 7 nitrogen and oxygen atoms in total. The van der Waals surface area contributed by atoms with E-state index in [9.17, 15) is 9.59 Å². The molecule has 0 spiro atoms. The van der Waals surface area contributed by atoms with Crippen LogP contribution in [0.25, 0.3) is 10.6 Å². The third-order valence-electron chi connectivity index (χ3n) is 5.72. The Morgan fingerprint density at radius 3 is 2.33 bits per heavy atom. The summed E-state index contributed by atoms with van der Waals surface area (Å²) in [6, 6.07) is 25.0. The first-order valence-electron chi connectivity index (χ1n) is 11.7. The molecule has 2 amide bonds. The number of rotatable bonds is 10. The Hall–Kier alpha value is -4.04. The molecule has 4 aromatic rings. The molecule has 0 radical (unpaired) electrons. The topological polar surface area (TPSA) is 84.4 Å². The summed E-state index contributed by atoms with van der Waals surface area (Å²) in [6.07, 6.45) is 0.867. The van der Waals surface area contributed by atoms with Gasteiger partial charge in [-0.2, -0.15) is 0 Å². The van der Waals surface area contributed by atoms with Crippen molar-refractivity contribution < 1.29 is 14.3 Å². The second kappa shape index (κ2) is 12.1. The van der Waals surface area contributed by atoms with Crippen molar-refractivity contribution in [2.45, 2.75) is 19.8 Å². The monoisotopic (exact) mass is 500 g/mol. The number of aryl methyl sites for hydroxylation is 1. The minimum Gasteiger partial charge on any atom is -0.497 e. The van der Waals surface area contributed by atoms with Crippen molar-refractivity contribution in [1.29, 1.82) is 0 Å². The zero-order chi connectivity index (χ0) is 25.3. The van der Waals surface area contributed by atoms with Crippen LogP contribution in [0.3, 0.4) is 0 Å². The van der Waals surface area contributed by atoms with Gasteiger partial charge in [-0.25, -0.2) is 0 Å². The molecule has 1 aromatic heterocycles. The van der Waals surface area contributed by atoms with Gasteiger partial charge < -0.3 is 15.0 Å². The Kier molecular flexibility index (Phi) is 8.41. The van der Waals surface area contributed by atoms with Crippen LogP contribution in [0.5, 0.6) is 5.75 Å². The fourth-order valence-corrected chi connectivity index (χ4v) is 4.41. The zero-order valence-corrected chi connectivity index (χ0v) is 21.1. The van der Waals surface area contributed by atoms with Gasteiger partial charge in [-0.1, -0.05) is 59.4 Å². The van der Waals surface area contributed by atoms with Crippen molar-refractivity contribution >= 4 is 28.3 Å². The molecule has 0 bridgehead atoms. The molecule has 1 heterocycles. The van der Waals surface area contributed by atoms with Crippen LogP contribution in [-0.4, -0.2) is 47.1 Å². The lowest BCUT2D eigenvalue weighted by atomic mass is 10.1. The van der Waals surface area contributed by atoms with Crippen molar-refractivity contribution in [3.05, 3.63) is 95.6 Å². The molecular formula is C28H28N4O3S. The molecule has 3 aromatic carbocycles. The molecule has 36 heavy (non-hydrogen) atoms. The number of hydrogen-bond acceptors (Lipinski definition) is 6. The van der Waals surface area contributed by atoms with Gasteiger partial charge in [0.2, 0.25) is 11.0 Å². The van der Waals surface area contributed by atoms with Crippen molar-refractivity contribution in [2.75, 3.05) is 25.5 Å². The fraction of sp³-hybridized carbons (Fsp3) is 0.214. The molecule has 1 N–H and O–H groups in total. The summed E-state index contributed by atoms with van der Waals surface area (Å²) in [5.74, 6) is 0.457. The van der Waals surface area contributed by atoms with Crippen molar-refractivity contribution in [3.63, 3.8) is 0 Å². The molecule has 0 unspecified atom stereocenters. The van der Waals surface area contributed by atoms with Gasteiger partial charge in [0, 0.05) is 30.6 Å². The van der Waals surface area contributed by atoms with E-state index >= 15 is 0 Å². The lowest BCUT2D eigenvalue weighted by Crippen LogP contribution is -2.35. The van der Waals surface area contributed by atoms with E-state index in [2.05, 4.69) is 15.5 Å². The Labute approximate surface area is 214 Å². The minimum absolute atomic E-state index is 0.0866. The molecule has 0 saturated heterocycles. The predicted molar refractivity (Wildman–Crippen MR) is 142 cm³/mol. The highest BCUT2D eigenvalue weighted by atomic mass is 32.1. The van der Waals surface area contributed by atoms with Crippen LogP contribution in [0, 0.1) is 6.92 Å². The SMILES string of the molecule is COc1ccc(-c2nnc(NC(=O)CCN(CCc3ccccc3)C(=O)c3ccc(C)cc3)s2)cc1. The minimum atomic E-state index is -0.214. The molecule has 0 fully saturated rings. The number of methoxy groups -OCH3 is 1. The number of anilines is 1. The number of ether oxygens (including phenoxy) is 1. The molecule has 184 valence electrons. The van der Waals surface area contributed by atoms with E-state index in [0.29, 0.717) is 35.2 Å². The number of hydrogen-bond donors (Lipinski definition) is 1. The van der Waals surface area contributed by atoms with E-state index in [1.165, 1.54) is 11.3 Å². The smallest absolute Gasteiger partial charge is 0.253 e. The molecule has 0 aliphatic carbocycles. The number of nitrogens with zero attached hydrogens (tertiary/aromatic N) is 3. The summed E-state index contributed by atoms with van der Waals surface area (Å²) in [5.41, 5.74) is 3.74. The second-order valence-corrected chi connectivity index (χ2v) is 9.31. The summed E-state index contributed by atoms with van der Waals surface area (Å²) in [7, 11) is 1.62. The van der Waals surface area contributed by atoms with Gasteiger partial charge in [0.15, 0.2) is 0 Å². The van der Waals surface area contributed by atoms with Gasteiger partial charge in [-0.15, -0.1) is 10.2 Å². The number of carbonyl (C=O) groups is 2. The van der Waals surface area contributed by atoms with Crippen LogP contribution < -0.4 is 10.1 Å². The molecule has 0 aliphatic heterocycles. The van der Waals surface area contributed by atoms with E-state index in [1.54, 1.807) is 12.0 Å². The third-order valence-corrected chi connectivity index (χ3v) is 6.60. The summed E-state index contributed by atoms with van der Waals surface area (Å²) < 4.78 is 5.18. The lowest BCUT2D eigenvalue weighted by molar-refractivity contribution is -0.116. The zero-order valence-electron chi connectivity index (χ0n) is 20.3. The number of benzene rings is 3. The summed E-state index contributed by atoms with van der Waals surface area (Å²) in [6.45, 7) is 2.80. The number of nitrogens with one attached hydrogen (secondary N) is 1. The molecule has 0 aliphatic rings. The maximum Gasteiger partial charge on any atom is 0.253 e. The van der Waals surface area contributed by atoms with E-state index in [-0.39, 0.29) is 18.2 Å². The van der Waals surface area contributed by atoms with E-state index < -0.39 is 0 Å². The second-order valence-electron chi connectivity index (χ2n) is 8.33. The largest absolute Gasteiger partial charge is 0.497 e. The van der Waals surface area contributed by atoms with Gasteiger partial charge >= 0.3 is 0 Å². The number of amides is 2. The van der Waals surface area contributed by atoms with E-state index in [1.807, 2.05) is 85.8 Å². The van der Waals surface area contributed by atoms with Gasteiger partial charge in [0.25, 0.3) is 5.91 Å². The Morgan fingerprint density at radius 1 is 0.917 bits per heavy atom. The van der Waals surface area contributed by atoms with Gasteiger partial charge in [0.1, 0.15) is 10.8 Å². The standard InChI is InChI=1S/C28H28N4O3S/c1-20-8-10-23(11-9-20)27(34)32(18-16-21-6-4-3-5-7-21)19-17-25(33)29-28-31-30-26(36-28)22-12-14-24(35-2)15-13-22/h3-15H,16-19H2,1-2H3,(H,29,31,33). The van der Waals surface area contributed by atoms with Crippen molar-refractivity contribution in [3.8, 4) is 16.3 Å². The number of carbonyl (C=O) groups excluding carboxylic acids is 2. The van der Waals surface area contributed by atoms with Crippen LogP contribution >= 0.6 is 11.3 Å². The quantitative estimate of drug-likeness (QED) is 0.322. The molecule has 0 atom stereocenters. The normalized spacial score (nSPS) is 10.6. The Morgan fingerprint density at radius 2 is 1.64 bits per heavy atom.